The van der Waals surface area contributed by atoms with Gasteiger partial charge in [-0.05, 0) is 49.6 Å². The lowest BCUT2D eigenvalue weighted by Gasteiger charge is -2.25. The molecule has 0 radical (unpaired) electrons. The first-order valence-corrected chi connectivity index (χ1v) is 11.2. The second-order valence-corrected chi connectivity index (χ2v) is 8.95. The van der Waals surface area contributed by atoms with E-state index in [4.69, 9.17) is 5.73 Å². The minimum Gasteiger partial charge on any atom is -0.402 e. The number of nitrogens with zero attached hydrogens (tertiary/aromatic N) is 5. The van der Waals surface area contributed by atoms with E-state index in [9.17, 15) is 18.0 Å². The molecule has 0 bridgehead atoms. The first-order chi connectivity index (χ1) is 16.6. The summed E-state index contributed by atoms with van der Waals surface area (Å²) in [6.07, 6.45) is 1.48. The van der Waals surface area contributed by atoms with Gasteiger partial charge in [0.15, 0.2) is 11.6 Å². The van der Waals surface area contributed by atoms with Crippen LogP contribution in [0.15, 0.2) is 42.9 Å². The second kappa shape index (κ2) is 8.43. The number of nitrogens with one attached hydrogen (secondary N) is 1. The Morgan fingerprint density at radius 2 is 1.97 bits per heavy atom. The smallest absolute Gasteiger partial charge is 0.402 e. The highest BCUT2D eigenvalue weighted by atomic mass is 19.4. The number of likely N-dealkylation sites (tertiary alicyclic amines) is 1. The summed E-state index contributed by atoms with van der Waals surface area (Å²) in [5.41, 5.74) is 8.07. The zero-order chi connectivity index (χ0) is 24.8. The maximum absolute atomic E-state index is 12.9. The Kier molecular flexibility index (Phi) is 5.53. The van der Waals surface area contributed by atoms with Crippen LogP contribution in [0.5, 0.6) is 5.75 Å². The fourth-order valence-electron chi connectivity index (χ4n) is 4.88. The molecule has 1 saturated heterocycles. The summed E-state index contributed by atoms with van der Waals surface area (Å²) in [6, 6.07) is 6.48. The highest BCUT2D eigenvalue weighted by molar-refractivity contribution is 5.75. The lowest BCUT2D eigenvalue weighted by atomic mass is 9.82. The van der Waals surface area contributed by atoms with Gasteiger partial charge in [0.05, 0.1) is 11.7 Å². The van der Waals surface area contributed by atoms with Crippen molar-refractivity contribution in [3.63, 3.8) is 0 Å². The van der Waals surface area contributed by atoms with Crippen molar-refractivity contribution in [2.24, 2.45) is 0 Å². The fourth-order valence-corrected chi connectivity index (χ4v) is 4.88. The number of nitrogens with two attached hydrogens (primary N) is 1. The van der Waals surface area contributed by atoms with E-state index in [0.717, 1.165) is 24.1 Å². The van der Waals surface area contributed by atoms with E-state index in [1.54, 1.807) is 17.3 Å². The number of carbonyl (C=O) groups is 1. The van der Waals surface area contributed by atoms with Crippen molar-refractivity contribution in [3.8, 4) is 17.0 Å². The predicted molar refractivity (Wildman–Crippen MR) is 120 cm³/mol. The van der Waals surface area contributed by atoms with Gasteiger partial charge >= 0.3 is 12.4 Å². The number of carbonyl (C=O) groups excluding carboxylic acids is 1. The third kappa shape index (κ3) is 4.47. The van der Waals surface area contributed by atoms with Crippen LogP contribution in [0.2, 0.25) is 0 Å². The Labute approximate surface area is 199 Å². The van der Waals surface area contributed by atoms with E-state index in [2.05, 4.69) is 25.1 Å². The predicted octanol–water partition coefficient (Wildman–Crippen LogP) is 3.64. The average molecular weight is 487 g/mol. The number of halogens is 3. The number of amides is 2. The summed E-state index contributed by atoms with van der Waals surface area (Å²) >= 11 is 0. The van der Waals surface area contributed by atoms with E-state index in [1.165, 1.54) is 12.3 Å². The largest absolute Gasteiger partial charge is 0.573 e. The van der Waals surface area contributed by atoms with Gasteiger partial charge < -0.3 is 20.7 Å². The third-order valence-electron chi connectivity index (χ3n) is 6.72. The molecule has 5 rings (SSSR count). The lowest BCUT2D eigenvalue weighted by molar-refractivity contribution is -0.274. The number of nitrogen functional groups attached to an aromatic ring is 1. The molecular weight excluding hydrogens is 463 g/mol. The van der Waals surface area contributed by atoms with E-state index in [1.807, 2.05) is 29.8 Å². The number of ether oxygens (including phenoxy) is 1. The molecule has 3 N–H and O–H groups in total. The van der Waals surface area contributed by atoms with Gasteiger partial charge in [-0.3, -0.25) is 9.67 Å². The van der Waals surface area contributed by atoms with Crippen LogP contribution in [0.3, 0.4) is 0 Å². The van der Waals surface area contributed by atoms with Gasteiger partial charge in [0.1, 0.15) is 0 Å². The highest BCUT2D eigenvalue weighted by Crippen LogP contribution is 2.44. The number of urea groups is 1. The minimum absolute atomic E-state index is 0.138. The van der Waals surface area contributed by atoms with E-state index in [0.29, 0.717) is 30.9 Å². The molecule has 2 atom stereocenters. The third-order valence-corrected chi connectivity index (χ3v) is 6.72. The van der Waals surface area contributed by atoms with Crippen molar-refractivity contribution in [1.29, 1.82) is 0 Å². The van der Waals surface area contributed by atoms with Crippen LogP contribution in [0, 0.1) is 0 Å². The zero-order valence-electron chi connectivity index (χ0n) is 18.9. The van der Waals surface area contributed by atoms with Crippen LogP contribution in [0.4, 0.5) is 23.8 Å². The number of rotatable bonds is 4. The molecule has 0 saturated carbocycles. The molecule has 9 nitrogen and oxygen atoms in total. The Hall–Kier alpha value is -3.83. The van der Waals surface area contributed by atoms with Gasteiger partial charge in [-0.15, -0.1) is 13.2 Å². The van der Waals surface area contributed by atoms with Crippen LogP contribution < -0.4 is 15.8 Å². The van der Waals surface area contributed by atoms with Crippen LogP contribution >= 0.6 is 0 Å². The van der Waals surface area contributed by atoms with Crippen LogP contribution in [-0.4, -0.2) is 50.1 Å². The van der Waals surface area contributed by atoms with Crippen molar-refractivity contribution in [3.05, 3.63) is 54.1 Å². The molecular formula is C23H24F3N7O2. The quantitative estimate of drug-likeness (QED) is 0.581. The SMILES string of the molecule is CC(NC(=O)N1CCC2(CCn3nc(-c4cnc(N)c(OC(F)(F)F)c4)cc32)C1)c1ccncc1. The number of anilines is 1. The zero-order valence-corrected chi connectivity index (χ0v) is 18.9. The van der Waals surface area contributed by atoms with Gasteiger partial charge in [-0.1, -0.05) is 0 Å². The lowest BCUT2D eigenvalue weighted by Crippen LogP contribution is -2.41. The average Bonchev–Trinajstić information content (AvgIpc) is 3.52. The molecule has 35 heavy (non-hydrogen) atoms. The van der Waals surface area contributed by atoms with Crippen molar-refractivity contribution in [1.82, 2.24) is 30.0 Å². The standard InChI is InChI=1S/C23H24F3N7O2/c1-14(15-2-6-28-7-3-15)30-21(34)32-8-4-22(13-32)5-9-33-19(22)11-17(31-33)16-10-18(20(27)29-12-16)35-23(24,25)26/h2-3,6-7,10-12,14H,4-5,8-9,13H2,1H3,(H2,27,29)(H,30,34). The molecule has 184 valence electrons. The number of hydrogen-bond acceptors (Lipinski definition) is 6. The molecule has 0 aliphatic carbocycles. The van der Waals surface area contributed by atoms with Crippen molar-refractivity contribution in [2.75, 3.05) is 18.8 Å². The normalized spacial score (nSPS) is 20.2. The Bertz CT molecular complexity index is 1250. The summed E-state index contributed by atoms with van der Waals surface area (Å²) in [4.78, 5) is 22.6. The van der Waals surface area contributed by atoms with E-state index >= 15 is 0 Å². The van der Waals surface area contributed by atoms with E-state index in [-0.39, 0.29) is 23.3 Å². The maximum atomic E-state index is 12.9. The number of pyridine rings is 2. The molecule has 2 unspecified atom stereocenters. The molecule has 3 aromatic rings. The van der Waals surface area contributed by atoms with Crippen molar-refractivity contribution < 1.29 is 22.7 Å². The number of aryl methyl sites for hydroxylation is 1. The summed E-state index contributed by atoms with van der Waals surface area (Å²) in [6.45, 7) is 3.72. The number of alkyl halides is 3. The summed E-state index contributed by atoms with van der Waals surface area (Å²) in [5, 5.41) is 7.62. The molecule has 1 spiro atoms. The monoisotopic (exact) mass is 487 g/mol. The minimum atomic E-state index is -4.88. The van der Waals surface area contributed by atoms with Gasteiger partial charge in [0, 0.05) is 54.9 Å². The molecule has 2 aliphatic rings. The molecule has 12 heteroatoms. The Balaban J connectivity index is 1.32. The topological polar surface area (TPSA) is 111 Å². The maximum Gasteiger partial charge on any atom is 0.573 e. The first kappa shape index (κ1) is 22.9. The van der Waals surface area contributed by atoms with E-state index < -0.39 is 12.1 Å². The summed E-state index contributed by atoms with van der Waals surface area (Å²) < 4.78 is 43.9. The second-order valence-electron chi connectivity index (χ2n) is 8.95. The first-order valence-electron chi connectivity index (χ1n) is 11.2. The molecule has 5 heterocycles. The Morgan fingerprint density at radius 3 is 2.71 bits per heavy atom. The molecule has 0 aromatic carbocycles. The van der Waals surface area contributed by atoms with Gasteiger partial charge in [0.25, 0.3) is 0 Å². The van der Waals surface area contributed by atoms with Crippen molar-refractivity contribution >= 4 is 11.8 Å². The Morgan fingerprint density at radius 1 is 1.23 bits per heavy atom. The van der Waals surface area contributed by atoms with Gasteiger partial charge in [0.2, 0.25) is 0 Å². The van der Waals surface area contributed by atoms with Gasteiger partial charge in [-0.25, -0.2) is 9.78 Å². The molecule has 2 amide bonds. The highest BCUT2D eigenvalue weighted by Gasteiger charge is 2.47. The fraction of sp³-hybridized carbons (Fsp3) is 0.391. The van der Waals surface area contributed by atoms with Gasteiger partial charge in [-0.2, -0.15) is 5.10 Å². The summed E-state index contributed by atoms with van der Waals surface area (Å²) in [7, 11) is 0. The van der Waals surface area contributed by atoms with Crippen LogP contribution in [-0.2, 0) is 12.0 Å². The summed E-state index contributed by atoms with van der Waals surface area (Å²) in [5.74, 6) is -0.919. The number of hydrogen-bond donors (Lipinski definition) is 2. The molecule has 1 fully saturated rings. The number of aromatic nitrogens is 4. The molecule has 3 aromatic heterocycles. The molecule has 2 aliphatic heterocycles. The van der Waals surface area contributed by atoms with Crippen LogP contribution in [0.25, 0.3) is 11.3 Å². The van der Waals surface area contributed by atoms with Crippen LogP contribution in [0.1, 0.15) is 37.1 Å². The number of fused-ring (bicyclic) bond motifs is 2. The van der Waals surface area contributed by atoms with Crippen molar-refractivity contribution in [2.45, 2.75) is 44.1 Å².